The molecule has 1 unspecified atom stereocenters. The molecule has 0 saturated heterocycles. The fourth-order valence-corrected chi connectivity index (χ4v) is 5.33. The first-order chi connectivity index (χ1) is 20.0. The fourth-order valence-electron chi connectivity index (χ4n) is 4.49. The van der Waals surface area contributed by atoms with E-state index in [-0.39, 0.29) is 36.4 Å². The van der Waals surface area contributed by atoms with E-state index in [4.69, 9.17) is 14.2 Å². The smallest absolute Gasteiger partial charge is 0.244 e. The fraction of sp³-hybridized carbons (Fsp3) is 0.355. The highest BCUT2D eigenvalue weighted by Crippen LogP contribution is 2.34. The van der Waals surface area contributed by atoms with Gasteiger partial charge in [0.05, 0.1) is 33.3 Å². The third kappa shape index (κ3) is 8.62. The van der Waals surface area contributed by atoms with Crippen LogP contribution in [0.5, 0.6) is 17.2 Å². The van der Waals surface area contributed by atoms with Crippen molar-refractivity contribution >= 4 is 27.5 Å². The lowest BCUT2D eigenvalue weighted by molar-refractivity contribution is -0.140. The average Bonchev–Trinajstić information content (AvgIpc) is 2.96. The van der Waals surface area contributed by atoms with Gasteiger partial charge in [-0.25, -0.2) is 8.42 Å². The predicted octanol–water partition coefficient (Wildman–Crippen LogP) is 3.64. The minimum atomic E-state index is -3.98. The van der Waals surface area contributed by atoms with E-state index in [1.165, 1.54) is 25.2 Å². The van der Waals surface area contributed by atoms with Crippen LogP contribution < -0.4 is 23.8 Å². The molecule has 2 amide bonds. The van der Waals surface area contributed by atoms with Crippen LogP contribution >= 0.6 is 0 Å². The number of hydrogen-bond donors (Lipinski definition) is 1. The topological polar surface area (TPSA) is 114 Å². The monoisotopic (exact) mass is 597 g/mol. The summed E-state index contributed by atoms with van der Waals surface area (Å²) >= 11 is 0. The van der Waals surface area contributed by atoms with E-state index < -0.39 is 28.5 Å². The van der Waals surface area contributed by atoms with Gasteiger partial charge in [-0.3, -0.25) is 13.9 Å². The molecule has 1 atom stereocenters. The standard InChI is InChI=1S/C31H39N3O7S/c1-22(2)32-31(36)28(18-23-11-8-7-9-12-23)33(20-24-13-10-14-25(17-24)39-3)30(35)21-34(42(6,37)38)27-19-26(40-4)15-16-29(27)41-5/h7-17,19,22,28H,18,20-21H2,1-6H3,(H,32,36). The SMILES string of the molecule is COc1cccc(CN(C(=O)CN(c2cc(OC)ccc2OC)S(C)(=O)=O)C(Cc2ccccc2)C(=O)NC(C)C)c1. The van der Waals surface area contributed by atoms with Crippen molar-refractivity contribution in [1.29, 1.82) is 0 Å². The van der Waals surface area contributed by atoms with Crippen LogP contribution in [0.1, 0.15) is 25.0 Å². The number of carbonyl (C=O) groups is 2. The van der Waals surface area contributed by atoms with Crippen molar-refractivity contribution in [3.05, 3.63) is 83.9 Å². The van der Waals surface area contributed by atoms with Gasteiger partial charge in [-0.05, 0) is 49.2 Å². The third-order valence-corrected chi connectivity index (χ3v) is 7.65. The molecule has 0 aliphatic rings. The molecular weight excluding hydrogens is 558 g/mol. The van der Waals surface area contributed by atoms with E-state index >= 15 is 0 Å². The average molecular weight is 598 g/mol. The number of anilines is 1. The number of methoxy groups -OCH3 is 3. The minimum absolute atomic E-state index is 0.0336. The molecule has 0 aromatic heterocycles. The van der Waals surface area contributed by atoms with Gasteiger partial charge in [0.1, 0.15) is 29.8 Å². The maximum Gasteiger partial charge on any atom is 0.244 e. The van der Waals surface area contributed by atoms with Crippen molar-refractivity contribution in [3.63, 3.8) is 0 Å². The van der Waals surface area contributed by atoms with Gasteiger partial charge in [-0.1, -0.05) is 42.5 Å². The van der Waals surface area contributed by atoms with Crippen LogP contribution in [0.25, 0.3) is 0 Å². The Kier molecular flexibility index (Phi) is 11.2. The Balaban J connectivity index is 2.12. The molecule has 226 valence electrons. The first-order valence-corrected chi connectivity index (χ1v) is 15.3. The van der Waals surface area contributed by atoms with Crippen molar-refractivity contribution < 1.29 is 32.2 Å². The van der Waals surface area contributed by atoms with Gasteiger partial charge in [-0.15, -0.1) is 0 Å². The van der Waals surface area contributed by atoms with Gasteiger partial charge in [-0.2, -0.15) is 0 Å². The van der Waals surface area contributed by atoms with Crippen LogP contribution in [0.3, 0.4) is 0 Å². The number of sulfonamides is 1. The number of benzene rings is 3. The number of carbonyl (C=O) groups excluding carboxylic acids is 2. The Hall–Kier alpha value is -4.25. The second kappa shape index (κ2) is 14.6. The molecule has 11 heteroatoms. The molecule has 0 aliphatic carbocycles. The summed E-state index contributed by atoms with van der Waals surface area (Å²) in [7, 11) is 0.431. The summed E-state index contributed by atoms with van der Waals surface area (Å²) in [5, 5.41) is 2.93. The van der Waals surface area contributed by atoms with Crippen molar-refractivity contribution in [2.24, 2.45) is 0 Å². The van der Waals surface area contributed by atoms with Crippen molar-refractivity contribution in [2.75, 3.05) is 38.4 Å². The molecule has 3 aromatic carbocycles. The van der Waals surface area contributed by atoms with Crippen molar-refractivity contribution in [3.8, 4) is 17.2 Å². The third-order valence-electron chi connectivity index (χ3n) is 6.52. The van der Waals surface area contributed by atoms with Gasteiger partial charge in [0.15, 0.2) is 0 Å². The number of nitrogens with one attached hydrogen (secondary N) is 1. The first kappa shape index (κ1) is 32.3. The molecule has 0 radical (unpaired) electrons. The highest BCUT2D eigenvalue weighted by Gasteiger charge is 2.34. The second-order valence-corrected chi connectivity index (χ2v) is 12.0. The lowest BCUT2D eigenvalue weighted by atomic mass is 10.0. The Morgan fingerprint density at radius 1 is 0.833 bits per heavy atom. The predicted molar refractivity (Wildman–Crippen MR) is 162 cm³/mol. The lowest BCUT2D eigenvalue weighted by Gasteiger charge is -2.34. The Labute approximate surface area is 248 Å². The molecule has 42 heavy (non-hydrogen) atoms. The van der Waals surface area contributed by atoms with Crippen LogP contribution in [0, 0.1) is 0 Å². The summed E-state index contributed by atoms with van der Waals surface area (Å²) in [6.07, 6.45) is 1.23. The van der Waals surface area contributed by atoms with E-state index in [9.17, 15) is 18.0 Å². The second-order valence-electron chi connectivity index (χ2n) is 10.0. The van der Waals surface area contributed by atoms with Crippen molar-refractivity contribution in [2.45, 2.75) is 38.9 Å². The van der Waals surface area contributed by atoms with Gasteiger partial charge in [0.25, 0.3) is 0 Å². The van der Waals surface area contributed by atoms with Crippen LogP contribution in [-0.2, 0) is 32.6 Å². The highest BCUT2D eigenvalue weighted by molar-refractivity contribution is 7.92. The van der Waals surface area contributed by atoms with Crippen molar-refractivity contribution in [1.82, 2.24) is 10.2 Å². The van der Waals surface area contributed by atoms with Gasteiger partial charge >= 0.3 is 0 Å². The Bertz CT molecular complexity index is 1460. The quantitative estimate of drug-likeness (QED) is 0.302. The number of ether oxygens (including phenoxy) is 3. The van der Waals surface area contributed by atoms with Crippen LogP contribution in [0.15, 0.2) is 72.8 Å². The van der Waals surface area contributed by atoms with Crippen LogP contribution in [0.2, 0.25) is 0 Å². The number of amides is 2. The van der Waals surface area contributed by atoms with E-state index in [1.54, 1.807) is 37.4 Å². The molecule has 0 spiro atoms. The number of nitrogens with zero attached hydrogens (tertiary/aromatic N) is 2. The van der Waals surface area contributed by atoms with Gasteiger partial charge in [0, 0.05) is 25.1 Å². The summed E-state index contributed by atoms with van der Waals surface area (Å²) in [5.74, 6) is 0.290. The van der Waals surface area contributed by atoms with Gasteiger partial charge < -0.3 is 24.4 Å². The molecule has 0 heterocycles. The Morgan fingerprint density at radius 3 is 2.07 bits per heavy atom. The minimum Gasteiger partial charge on any atom is -0.497 e. The van der Waals surface area contributed by atoms with Crippen LogP contribution in [0.4, 0.5) is 5.69 Å². The summed E-state index contributed by atoms with van der Waals surface area (Å²) in [6.45, 7) is 3.14. The summed E-state index contributed by atoms with van der Waals surface area (Å²) in [6, 6.07) is 20.1. The maximum absolute atomic E-state index is 14.2. The lowest BCUT2D eigenvalue weighted by Crippen LogP contribution is -2.54. The summed E-state index contributed by atoms with van der Waals surface area (Å²) in [4.78, 5) is 29.3. The van der Waals surface area contributed by atoms with E-state index in [2.05, 4.69) is 5.32 Å². The molecule has 0 fully saturated rings. The normalized spacial score (nSPS) is 11.9. The molecule has 0 bridgehead atoms. The molecule has 1 N–H and O–H groups in total. The largest absolute Gasteiger partial charge is 0.497 e. The molecule has 0 aliphatic heterocycles. The molecular formula is C31H39N3O7S. The summed E-state index contributed by atoms with van der Waals surface area (Å²) < 4.78 is 43.3. The summed E-state index contributed by atoms with van der Waals surface area (Å²) in [5.41, 5.74) is 1.70. The first-order valence-electron chi connectivity index (χ1n) is 13.4. The van der Waals surface area contributed by atoms with Gasteiger partial charge in [0.2, 0.25) is 21.8 Å². The zero-order valence-corrected chi connectivity index (χ0v) is 25.7. The van der Waals surface area contributed by atoms with E-state index in [0.29, 0.717) is 17.1 Å². The maximum atomic E-state index is 14.2. The molecule has 10 nitrogen and oxygen atoms in total. The molecule has 0 saturated carbocycles. The van der Waals surface area contributed by atoms with E-state index in [1.807, 2.05) is 50.2 Å². The zero-order chi connectivity index (χ0) is 30.9. The highest BCUT2D eigenvalue weighted by atomic mass is 32.2. The number of rotatable bonds is 14. The Morgan fingerprint density at radius 2 is 1.48 bits per heavy atom. The van der Waals surface area contributed by atoms with E-state index in [0.717, 1.165) is 16.1 Å². The van der Waals surface area contributed by atoms with Crippen LogP contribution in [-0.4, -0.2) is 71.3 Å². The molecule has 3 aromatic rings. The molecule has 3 rings (SSSR count). The zero-order valence-electron chi connectivity index (χ0n) is 24.9. The number of hydrogen-bond acceptors (Lipinski definition) is 7.